The molecule has 0 amide bonds. The first-order chi connectivity index (χ1) is 7.97. The highest BCUT2D eigenvalue weighted by Gasteiger charge is 2.27. The number of hydrogen-bond acceptors (Lipinski definition) is 2. The summed E-state index contributed by atoms with van der Waals surface area (Å²) >= 11 is 0. The molecule has 0 bridgehead atoms. The van der Waals surface area contributed by atoms with E-state index in [1.54, 1.807) is 0 Å². The Morgan fingerprint density at radius 3 is 2.59 bits per heavy atom. The molecular formula is C14H23NO2. The summed E-state index contributed by atoms with van der Waals surface area (Å²) in [6.07, 6.45) is 5.55. The van der Waals surface area contributed by atoms with Crippen molar-refractivity contribution in [2.24, 2.45) is 11.8 Å². The van der Waals surface area contributed by atoms with Crippen molar-refractivity contribution in [3.05, 3.63) is 24.4 Å². The molecule has 0 aromatic rings. The van der Waals surface area contributed by atoms with Gasteiger partial charge >= 0.3 is 5.97 Å². The smallest absolute Gasteiger partial charge is 0.330 e. The molecule has 1 rings (SSSR count). The van der Waals surface area contributed by atoms with E-state index < -0.39 is 5.97 Å². The minimum absolute atomic E-state index is 0.198. The topological polar surface area (TPSA) is 40.5 Å². The zero-order valence-electron chi connectivity index (χ0n) is 11.0. The highest BCUT2D eigenvalue weighted by atomic mass is 16.4. The average Bonchev–Trinajstić information content (AvgIpc) is 2.70. The van der Waals surface area contributed by atoms with Crippen LogP contribution in [0.5, 0.6) is 0 Å². The summed E-state index contributed by atoms with van der Waals surface area (Å²) < 4.78 is 0. The maximum absolute atomic E-state index is 11.0. The van der Waals surface area contributed by atoms with Gasteiger partial charge in [-0.1, -0.05) is 19.9 Å². The Labute approximate surface area is 104 Å². The monoisotopic (exact) mass is 237 g/mol. The SMILES string of the molecule is C=C[C@@H](C)[C@@H](C)/C(=C/C(=O)O)N1CCC[C@@H]1C. The first kappa shape index (κ1) is 13.8. The van der Waals surface area contributed by atoms with Crippen LogP contribution in [-0.4, -0.2) is 28.6 Å². The Balaban J connectivity index is 2.95. The largest absolute Gasteiger partial charge is 0.478 e. The molecule has 0 spiro atoms. The van der Waals surface area contributed by atoms with Crippen LogP contribution in [0.4, 0.5) is 0 Å². The molecule has 0 aliphatic carbocycles. The van der Waals surface area contributed by atoms with Crippen LogP contribution < -0.4 is 0 Å². The van der Waals surface area contributed by atoms with E-state index in [0.29, 0.717) is 6.04 Å². The van der Waals surface area contributed by atoms with Gasteiger partial charge in [0, 0.05) is 30.3 Å². The van der Waals surface area contributed by atoms with Gasteiger partial charge in [-0.25, -0.2) is 4.79 Å². The van der Waals surface area contributed by atoms with E-state index in [4.69, 9.17) is 5.11 Å². The molecule has 1 aliphatic rings. The Hall–Kier alpha value is -1.25. The molecule has 0 saturated carbocycles. The fourth-order valence-electron chi connectivity index (χ4n) is 2.39. The van der Waals surface area contributed by atoms with E-state index in [9.17, 15) is 4.79 Å². The number of carbonyl (C=O) groups is 1. The summed E-state index contributed by atoms with van der Waals surface area (Å²) in [7, 11) is 0. The molecule has 0 radical (unpaired) electrons. The van der Waals surface area contributed by atoms with Crippen molar-refractivity contribution in [3.8, 4) is 0 Å². The molecule has 96 valence electrons. The zero-order chi connectivity index (χ0) is 13.0. The van der Waals surface area contributed by atoms with E-state index in [0.717, 1.165) is 25.1 Å². The average molecular weight is 237 g/mol. The molecule has 1 heterocycles. The molecule has 0 aromatic carbocycles. The van der Waals surface area contributed by atoms with Crippen LogP contribution in [-0.2, 0) is 4.79 Å². The van der Waals surface area contributed by atoms with Gasteiger partial charge in [0.15, 0.2) is 0 Å². The van der Waals surface area contributed by atoms with Gasteiger partial charge in [0.05, 0.1) is 0 Å². The highest BCUT2D eigenvalue weighted by molar-refractivity contribution is 5.80. The third-order valence-electron chi connectivity index (χ3n) is 3.78. The van der Waals surface area contributed by atoms with E-state index in [1.165, 1.54) is 6.08 Å². The summed E-state index contributed by atoms with van der Waals surface area (Å²) in [5, 5.41) is 9.00. The molecule has 0 unspecified atom stereocenters. The maximum atomic E-state index is 11.0. The Kier molecular flexibility index (Phi) is 4.79. The van der Waals surface area contributed by atoms with Crippen LogP contribution in [0, 0.1) is 11.8 Å². The fourth-order valence-corrected chi connectivity index (χ4v) is 2.39. The van der Waals surface area contributed by atoms with Gasteiger partial charge in [0.25, 0.3) is 0 Å². The van der Waals surface area contributed by atoms with Crippen LogP contribution in [0.1, 0.15) is 33.6 Å². The Morgan fingerprint density at radius 1 is 1.53 bits per heavy atom. The minimum atomic E-state index is -0.859. The fraction of sp³-hybridized carbons (Fsp3) is 0.643. The number of carboxylic acid groups (broad SMARTS) is 1. The van der Waals surface area contributed by atoms with Gasteiger partial charge in [-0.15, -0.1) is 6.58 Å². The van der Waals surface area contributed by atoms with Crippen molar-refractivity contribution in [1.29, 1.82) is 0 Å². The Bertz CT molecular complexity index is 322. The van der Waals surface area contributed by atoms with Gasteiger partial charge in [0.2, 0.25) is 0 Å². The summed E-state index contributed by atoms with van der Waals surface area (Å²) in [5.41, 5.74) is 0.940. The van der Waals surface area contributed by atoms with Gasteiger partial charge in [0.1, 0.15) is 0 Å². The number of allylic oxidation sites excluding steroid dienone is 2. The lowest BCUT2D eigenvalue weighted by molar-refractivity contribution is -0.131. The number of likely N-dealkylation sites (tertiary alicyclic amines) is 1. The van der Waals surface area contributed by atoms with E-state index in [1.807, 2.05) is 6.08 Å². The standard InChI is InChI=1S/C14H23NO2/c1-5-10(2)12(4)13(9-14(16)17)15-8-6-7-11(15)3/h5,9-12H,1,6-8H2,2-4H3,(H,16,17)/b13-9-/t10-,11+,12-/m1/s1. The normalized spacial score (nSPS) is 24.5. The van der Waals surface area contributed by atoms with E-state index in [2.05, 4.69) is 32.3 Å². The van der Waals surface area contributed by atoms with Crippen LogP contribution in [0.3, 0.4) is 0 Å². The third kappa shape index (κ3) is 3.35. The van der Waals surface area contributed by atoms with Crippen molar-refractivity contribution < 1.29 is 9.90 Å². The van der Waals surface area contributed by atoms with Crippen LogP contribution in [0.2, 0.25) is 0 Å². The molecule has 3 heteroatoms. The number of aliphatic carboxylic acids is 1. The highest BCUT2D eigenvalue weighted by Crippen LogP contribution is 2.30. The van der Waals surface area contributed by atoms with Crippen molar-refractivity contribution in [1.82, 2.24) is 4.90 Å². The molecule has 0 aromatic heterocycles. The summed E-state index contributed by atoms with van der Waals surface area (Å²) in [6, 6.07) is 0.445. The lowest BCUT2D eigenvalue weighted by Crippen LogP contribution is -2.31. The van der Waals surface area contributed by atoms with Crippen molar-refractivity contribution in [2.75, 3.05) is 6.54 Å². The molecule has 3 atom stereocenters. The molecular weight excluding hydrogens is 214 g/mol. The molecule has 17 heavy (non-hydrogen) atoms. The molecule has 1 aliphatic heterocycles. The quantitative estimate of drug-likeness (QED) is 0.590. The second kappa shape index (κ2) is 5.89. The number of carboxylic acids is 1. The van der Waals surface area contributed by atoms with E-state index >= 15 is 0 Å². The second-order valence-corrected chi connectivity index (χ2v) is 4.98. The van der Waals surface area contributed by atoms with Crippen molar-refractivity contribution in [3.63, 3.8) is 0 Å². The van der Waals surface area contributed by atoms with Gasteiger partial charge in [-0.3, -0.25) is 0 Å². The zero-order valence-corrected chi connectivity index (χ0v) is 11.0. The first-order valence-electron chi connectivity index (χ1n) is 6.31. The van der Waals surface area contributed by atoms with Gasteiger partial charge < -0.3 is 10.0 Å². The molecule has 1 saturated heterocycles. The maximum Gasteiger partial charge on any atom is 0.330 e. The van der Waals surface area contributed by atoms with Crippen LogP contribution >= 0.6 is 0 Å². The third-order valence-corrected chi connectivity index (χ3v) is 3.78. The summed E-state index contributed by atoms with van der Waals surface area (Å²) in [5.74, 6) is -0.375. The lowest BCUT2D eigenvalue weighted by atomic mass is 9.91. The predicted molar refractivity (Wildman–Crippen MR) is 69.6 cm³/mol. The number of nitrogens with zero attached hydrogens (tertiary/aromatic N) is 1. The lowest BCUT2D eigenvalue weighted by Gasteiger charge is -2.32. The van der Waals surface area contributed by atoms with Crippen molar-refractivity contribution in [2.45, 2.75) is 39.7 Å². The van der Waals surface area contributed by atoms with Gasteiger partial charge in [-0.2, -0.15) is 0 Å². The molecule has 3 nitrogen and oxygen atoms in total. The van der Waals surface area contributed by atoms with Crippen molar-refractivity contribution >= 4 is 5.97 Å². The minimum Gasteiger partial charge on any atom is -0.478 e. The van der Waals surface area contributed by atoms with Crippen LogP contribution in [0.15, 0.2) is 24.4 Å². The second-order valence-electron chi connectivity index (χ2n) is 4.98. The van der Waals surface area contributed by atoms with E-state index in [-0.39, 0.29) is 11.8 Å². The number of rotatable bonds is 5. The summed E-state index contributed by atoms with van der Waals surface area (Å²) in [6.45, 7) is 11.1. The predicted octanol–water partition coefficient (Wildman–Crippen LogP) is 2.90. The first-order valence-corrected chi connectivity index (χ1v) is 6.31. The molecule has 1 fully saturated rings. The van der Waals surface area contributed by atoms with Gasteiger partial charge in [-0.05, 0) is 25.7 Å². The number of hydrogen-bond donors (Lipinski definition) is 1. The Morgan fingerprint density at radius 2 is 2.18 bits per heavy atom. The summed E-state index contributed by atoms with van der Waals surface area (Å²) in [4.78, 5) is 13.2. The van der Waals surface area contributed by atoms with Crippen LogP contribution in [0.25, 0.3) is 0 Å². The molecule has 1 N–H and O–H groups in total.